The fourth-order valence-electron chi connectivity index (χ4n) is 1.45. The van der Waals surface area contributed by atoms with Gasteiger partial charge in [-0.1, -0.05) is 12.1 Å². The van der Waals surface area contributed by atoms with Crippen molar-refractivity contribution in [3.63, 3.8) is 0 Å². The Balaban J connectivity index is 2.87. The number of hydrogen-bond acceptors (Lipinski definition) is 2. The van der Waals surface area contributed by atoms with Crippen molar-refractivity contribution < 1.29 is 5.11 Å². The molecule has 2 heteroatoms. The SMILES string of the molecule is Cc1ccc2cc(O)ccc2c1N. The van der Waals surface area contributed by atoms with Crippen LogP contribution in [-0.4, -0.2) is 5.11 Å². The molecule has 0 aromatic heterocycles. The summed E-state index contributed by atoms with van der Waals surface area (Å²) in [7, 11) is 0. The highest BCUT2D eigenvalue weighted by molar-refractivity contribution is 5.95. The molecule has 13 heavy (non-hydrogen) atoms. The van der Waals surface area contributed by atoms with Crippen LogP contribution in [0.2, 0.25) is 0 Å². The number of nitrogen functional groups attached to an aromatic ring is 1. The molecular weight excluding hydrogens is 162 g/mol. The van der Waals surface area contributed by atoms with Gasteiger partial charge in [0.2, 0.25) is 0 Å². The van der Waals surface area contributed by atoms with E-state index < -0.39 is 0 Å². The highest BCUT2D eigenvalue weighted by Gasteiger charge is 2.00. The highest BCUT2D eigenvalue weighted by Crippen LogP contribution is 2.26. The Labute approximate surface area is 76.6 Å². The van der Waals surface area contributed by atoms with Gasteiger partial charge in [-0.05, 0) is 36.1 Å². The van der Waals surface area contributed by atoms with Crippen LogP contribution in [-0.2, 0) is 0 Å². The minimum atomic E-state index is 0.274. The van der Waals surface area contributed by atoms with Gasteiger partial charge >= 0.3 is 0 Å². The molecule has 0 aliphatic heterocycles. The van der Waals surface area contributed by atoms with Gasteiger partial charge < -0.3 is 10.8 Å². The van der Waals surface area contributed by atoms with Gasteiger partial charge in [0.1, 0.15) is 5.75 Å². The molecule has 0 radical (unpaired) electrons. The van der Waals surface area contributed by atoms with E-state index in [1.54, 1.807) is 12.1 Å². The Kier molecular flexibility index (Phi) is 1.62. The second-order valence-corrected chi connectivity index (χ2v) is 3.20. The number of phenolic OH excluding ortho intramolecular Hbond substituents is 1. The molecule has 0 unspecified atom stereocenters. The lowest BCUT2D eigenvalue weighted by Gasteiger charge is -2.05. The molecule has 0 atom stereocenters. The van der Waals surface area contributed by atoms with Crippen molar-refractivity contribution in [1.82, 2.24) is 0 Å². The summed E-state index contributed by atoms with van der Waals surface area (Å²) >= 11 is 0. The molecule has 0 spiro atoms. The molecule has 3 N–H and O–H groups in total. The molecule has 2 aromatic carbocycles. The Morgan fingerprint density at radius 1 is 1.15 bits per heavy atom. The van der Waals surface area contributed by atoms with E-state index >= 15 is 0 Å². The van der Waals surface area contributed by atoms with Crippen LogP contribution in [0.15, 0.2) is 30.3 Å². The lowest BCUT2D eigenvalue weighted by molar-refractivity contribution is 0.476. The monoisotopic (exact) mass is 173 g/mol. The van der Waals surface area contributed by atoms with Gasteiger partial charge in [-0.3, -0.25) is 0 Å². The summed E-state index contributed by atoms with van der Waals surface area (Å²) in [4.78, 5) is 0. The third-order valence-corrected chi connectivity index (χ3v) is 2.26. The molecule has 2 nitrogen and oxygen atoms in total. The van der Waals surface area contributed by atoms with Gasteiger partial charge in [0.15, 0.2) is 0 Å². The number of hydrogen-bond donors (Lipinski definition) is 2. The van der Waals surface area contributed by atoms with Crippen LogP contribution in [0.3, 0.4) is 0 Å². The number of fused-ring (bicyclic) bond motifs is 1. The lowest BCUT2D eigenvalue weighted by Crippen LogP contribution is -1.90. The first-order chi connectivity index (χ1) is 6.18. The maximum Gasteiger partial charge on any atom is 0.116 e. The van der Waals surface area contributed by atoms with Crippen LogP contribution in [0.4, 0.5) is 5.69 Å². The van der Waals surface area contributed by atoms with Crippen molar-refractivity contribution in [2.75, 3.05) is 5.73 Å². The van der Waals surface area contributed by atoms with Crippen molar-refractivity contribution in [2.24, 2.45) is 0 Å². The summed E-state index contributed by atoms with van der Waals surface area (Å²) in [5.41, 5.74) is 7.74. The minimum Gasteiger partial charge on any atom is -0.508 e. The van der Waals surface area contributed by atoms with Crippen molar-refractivity contribution in [2.45, 2.75) is 6.92 Å². The Bertz CT molecular complexity index is 463. The van der Waals surface area contributed by atoms with Gasteiger partial charge in [-0.25, -0.2) is 0 Å². The van der Waals surface area contributed by atoms with E-state index in [0.717, 1.165) is 22.0 Å². The van der Waals surface area contributed by atoms with Crippen LogP contribution in [0.25, 0.3) is 10.8 Å². The van der Waals surface area contributed by atoms with E-state index in [4.69, 9.17) is 5.73 Å². The largest absolute Gasteiger partial charge is 0.508 e. The van der Waals surface area contributed by atoms with Crippen LogP contribution in [0, 0.1) is 6.92 Å². The van der Waals surface area contributed by atoms with E-state index in [1.807, 2.05) is 25.1 Å². The lowest BCUT2D eigenvalue weighted by atomic mass is 10.1. The number of phenols is 1. The summed E-state index contributed by atoms with van der Waals surface area (Å²) in [6.07, 6.45) is 0. The second-order valence-electron chi connectivity index (χ2n) is 3.20. The quantitative estimate of drug-likeness (QED) is 0.601. The molecule has 66 valence electrons. The number of aromatic hydroxyl groups is 1. The fourth-order valence-corrected chi connectivity index (χ4v) is 1.45. The highest BCUT2D eigenvalue weighted by atomic mass is 16.3. The molecule has 0 aliphatic carbocycles. The van der Waals surface area contributed by atoms with Gasteiger partial charge in [-0.2, -0.15) is 0 Å². The number of aryl methyl sites for hydroxylation is 1. The van der Waals surface area contributed by atoms with Crippen molar-refractivity contribution >= 4 is 16.5 Å². The smallest absolute Gasteiger partial charge is 0.116 e. The van der Waals surface area contributed by atoms with E-state index in [1.165, 1.54) is 0 Å². The van der Waals surface area contributed by atoms with Crippen molar-refractivity contribution in [1.29, 1.82) is 0 Å². The first kappa shape index (κ1) is 7.92. The van der Waals surface area contributed by atoms with Gasteiger partial charge in [-0.15, -0.1) is 0 Å². The number of benzene rings is 2. The Morgan fingerprint density at radius 2 is 1.92 bits per heavy atom. The molecule has 0 fully saturated rings. The predicted octanol–water partition coefficient (Wildman–Crippen LogP) is 2.44. The molecule has 2 aromatic rings. The first-order valence-corrected chi connectivity index (χ1v) is 4.16. The number of rotatable bonds is 0. The zero-order valence-corrected chi connectivity index (χ0v) is 7.41. The summed E-state index contributed by atoms with van der Waals surface area (Å²) in [5.74, 6) is 0.274. The number of nitrogens with two attached hydrogens (primary N) is 1. The maximum absolute atomic E-state index is 9.25. The van der Waals surface area contributed by atoms with Crippen molar-refractivity contribution in [3.8, 4) is 5.75 Å². The molecular formula is C11H11NO. The Morgan fingerprint density at radius 3 is 2.69 bits per heavy atom. The second kappa shape index (κ2) is 2.66. The molecule has 0 saturated carbocycles. The fraction of sp³-hybridized carbons (Fsp3) is 0.0909. The predicted molar refractivity (Wildman–Crippen MR) is 54.8 cm³/mol. The van der Waals surface area contributed by atoms with Crippen LogP contribution >= 0.6 is 0 Å². The van der Waals surface area contributed by atoms with Crippen LogP contribution < -0.4 is 5.73 Å². The summed E-state index contributed by atoms with van der Waals surface area (Å²) in [6.45, 7) is 1.97. The third kappa shape index (κ3) is 1.20. The van der Waals surface area contributed by atoms with Crippen molar-refractivity contribution in [3.05, 3.63) is 35.9 Å². The zero-order chi connectivity index (χ0) is 9.42. The summed E-state index contributed by atoms with van der Waals surface area (Å²) in [6, 6.07) is 9.12. The zero-order valence-electron chi connectivity index (χ0n) is 7.41. The molecule has 0 heterocycles. The van der Waals surface area contributed by atoms with E-state index in [-0.39, 0.29) is 5.75 Å². The molecule has 0 bridgehead atoms. The van der Waals surface area contributed by atoms with Crippen LogP contribution in [0.1, 0.15) is 5.56 Å². The molecule has 2 rings (SSSR count). The summed E-state index contributed by atoms with van der Waals surface area (Å²) < 4.78 is 0. The number of anilines is 1. The average molecular weight is 173 g/mol. The van der Waals surface area contributed by atoms with Gasteiger partial charge in [0.25, 0.3) is 0 Å². The standard InChI is InChI=1S/C11H11NO/c1-7-2-3-8-6-9(13)4-5-10(8)11(7)12/h2-6,13H,12H2,1H3. The van der Waals surface area contributed by atoms with E-state index in [9.17, 15) is 5.11 Å². The van der Waals surface area contributed by atoms with E-state index in [0.29, 0.717) is 0 Å². The molecule has 0 amide bonds. The van der Waals surface area contributed by atoms with Crippen LogP contribution in [0.5, 0.6) is 5.75 Å². The third-order valence-electron chi connectivity index (χ3n) is 2.26. The minimum absolute atomic E-state index is 0.274. The topological polar surface area (TPSA) is 46.2 Å². The summed E-state index contributed by atoms with van der Waals surface area (Å²) in [5, 5.41) is 11.2. The Hall–Kier alpha value is -1.70. The first-order valence-electron chi connectivity index (χ1n) is 4.16. The molecule has 0 aliphatic rings. The average Bonchev–Trinajstić information content (AvgIpc) is 2.12. The molecule has 0 saturated heterocycles. The van der Waals surface area contributed by atoms with Gasteiger partial charge in [0.05, 0.1) is 0 Å². The maximum atomic E-state index is 9.25. The van der Waals surface area contributed by atoms with E-state index in [2.05, 4.69) is 0 Å². The normalized spacial score (nSPS) is 10.5. The van der Waals surface area contributed by atoms with Gasteiger partial charge in [0, 0.05) is 11.1 Å².